The van der Waals surface area contributed by atoms with Crippen LogP contribution in [-0.4, -0.2) is 28.3 Å². The summed E-state index contributed by atoms with van der Waals surface area (Å²) in [5, 5.41) is 17.9. The van der Waals surface area contributed by atoms with Crippen molar-refractivity contribution in [2.75, 3.05) is 10.6 Å². The SMILES string of the molecule is CC1(O)CC(=O)C(C(=O)Nc2ccc(Cl)cc2)C(c2ccccc2)C1C(=O)Nc1ccc(Cl)cc1. The zero-order valence-electron chi connectivity index (χ0n) is 18.9. The van der Waals surface area contributed by atoms with Gasteiger partial charge in [-0.2, -0.15) is 0 Å². The van der Waals surface area contributed by atoms with Gasteiger partial charge in [-0.15, -0.1) is 0 Å². The average Bonchev–Trinajstić information content (AvgIpc) is 2.81. The van der Waals surface area contributed by atoms with Crippen LogP contribution in [0.2, 0.25) is 10.0 Å². The molecule has 6 nitrogen and oxygen atoms in total. The van der Waals surface area contributed by atoms with Crippen molar-refractivity contribution in [2.24, 2.45) is 11.8 Å². The Bertz CT molecular complexity index is 1230. The maximum absolute atomic E-state index is 13.6. The van der Waals surface area contributed by atoms with Gasteiger partial charge in [-0.05, 0) is 61.0 Å². The van der Waals surface area contributed by atoms with Crippen molar-refractivity contribution < 1.29 is 19.5 Å². The van der Waals surface area contributed by atoms with E-state index in [1.807, 2.05) is 0 Å². The number of rotatable bonds is 5. The molecule has 180 valence electrons. The summed E-state index contributed by atoms with van der Waals surface area (Å²) in [6.45, 7) is 1.46. The van der Waals surface area contributed by atoms with Crippen LogP contribution in [-0.2, 0) is 14.4 Å². The Hall–Kier alpha value is -3.19. The Morgan fingerprint density at radius 2 is 1.31 bits per heavy atom. The predicted octanol–water partition coefficient (Wildman–Crippen LogP) is 5.31. The first kappa shape index (κ1) is 24.9. The molecule has 1 saturated carbocycles. The van der Waals surface area contributed by atoms with Crippen LogP contribution < -0.4 is 10.6 Å². The summed E-state index contributed by atoms with van der Waals surface area (Å²) < 4.78 is 0. The molecular weight excluding hydrogens is 487 g/mol. The van der Waals surface area contributed by atoms with Crippen molar-refractivity contribution in [1.29, 1.82) is 0 Å². The van der Waals surface area contributed by atoms with E-state index in [1.165, 1.54) is 6.92 Å². The predicted molar refractivity (Wildman–Crippen MR) is 137 cm³/mol. The highest BCUT2D eigenvalue weighted by Crippen LogP contribution is 2.46. The minimum Gasteiger partial charge on any atom is -0.389 e. The van der Waals surface area contributed by atoms with E-state index in [-0.39, 0.29) is 6.42 Å². The fourth-order valence-corrected chi connectivity index (χ4v) is 4.93. The van der Waals surface area contributed by atoms with Gasteiger partial charge in [0.25, 0.3) is 0 Å². The van der Waals surface area contributed by atoms with Gasteiger partial charge >= 0.3 is 0 Å². The number of hydrogen-bond donors (Lipinski definition) is 3. The number of carbonyl (C=O) groups is 3. The lowest BCUT2D eigenvalue weighted by atomic mass is 9.61. The van der Waals surface area contributed by atoms with Crippen molar-refractivity contribution in [3.05, 3.63) is 94.5 Å². The Balaban J connectivity index is 1.73. The highest BCUT2D eigenvalue weighted by Gasteiger charge is 2.55. The largest absolute Gasteiger partial charge is 0.389 e. The molecule has 0 heterocycles. The van der Waals surface area contributed by atoms with Gasteiger partial charge in [-0.1, -0.05) is 53.5 Å². The molecule has 35 heavy (non-hydrogen) atoms. The summed E-state index contributed by atoms with van der Waals surface area (Å²) in [4.78, 5) is 40.2. The molecule has 0 aliphatic heterocycles. The number of hydrogen-bond acceptors (Lipinski definition) is 4. The number of ketones is 1. The maximum atomic E-state index is 13.6. The van der Waals surface area contributed by atoms with Crippen molar-refractivity contribution in [1.82, 2.24) is 0 Å². The Morgan fingerprint density at radius 1 is 0.829 bits per heavy atom. The van der Waals surface area contributed by atoms with Crippen molar-refractivity contribution in [3.8, 4) is 0 Å². The number of Topliss-reactive ketones (excluding diaryl/α,β-unsaturated/α-hetero) is 1. The van der Waals surface area contributed by atoms with E-state index in [4.69, 9.17) is 23.2 Å². The Kier molecular flexibility index (Phi) is 7.26. The molecule has 1 fully saturated rings. The van der Waals surface area contributed by atoms with Gasteiger partial charge < -0.3 is 15.7 Å². The fourth-order valence-electron chi connectivity index (χ4n) is 4.67. The van der Waals surface area contributed by atoms with E-state index in [2.05, 4.69) is 10.6 Å². The van der Waals surface area contributed by atoms with Gasteiger partial charge in [0.15, 0.2) is 0 Å². The van der Waals surface area contributed by atoms with Crippen LogP contribution in [0.1, 0.15) is 24.8 Å². The van der Waals surface area contributed by atoms with Gasteiger partial charge in [-0.25, -0.2) is 0 Å². The lowest BCUT2D eigenvalue weighted by molar-refractivity contribution is -0.150. The van der Waals surface area contributed by atoms with E-state index in [0.29, 0.717) is 27.0 Å². The molecule has 4 rings (SSSR count). The first-order chi connectivity index (χ1) is 16.7. The molecule has 0 saturated heterocycles. The lowest BCUT2D eigenvalue weighted by Gasteiger charge is -2.44. The minimum atomic E-state index is -1.68. The zero-order chi connectivity index (χ0) is 25.2. The second-order valence-electron chi connectivity index (χ2n) is 8.88. The Labute approximate surface area is 213 Å². The van der Waals surface area contributed by atoms with Crippen LogP contribution in [0.4, 0.5) is 11.4 Å². The van der Waals surface area contributed by atoms with Crippen molar-refractivity contribution >= 4 is 52.2 Å². The van der Waals surface area contributed by atoms with Crippen LogP contribution in [0.5, 0.6) is 0 Å². The molecule has 0 bridgehead atoms. The third-order valence-electron chi connectivity index (χ3n) is 6.24. The summed E-state index contributed by atoms with van der Waals surface area (Å²) in [6, 6.07) is 21.9. The average molecular weight is 511 g/mol. The van der Waals surface area contributed by atoms with E-state index >= 15 is 0 Å². The molecule has 4 unspecified atom stereocenters. The van der Waals surface area contributed by atoms with E-state index in [0.717, 1.165) is 0 Å². The van der Waals surface area contributed by atoms with Gasteiger partial charge in [0, 0.05) is 33.8 Å². The summed E-state index contributed by atoms with van der Waals surface area (Å²) in [7, 11) is 0. The third-order valence-corrected chi connectivity index (χ3v) is 6.74. The molecule has 8 heteroatoms. The van der Waals surface area contributed by atoms with Crippen LogP contribution >= 0.6 is 23.2 Å². The number of amides is 2. The highest BCUT2D eigenvalue weighted by atomic mass is 35.5. The number of anilines is 2. The van der Waals surface area contributed by atoms with E-state index in [9.17, 15) is 19.5 Å². The summed E-state index contributed by atoms with van der Waals surface area (Å²) in [6.07, 6.45) is -0.340. The summed E-state index contributed by atoms with van der Waals surface area (Å²) >= 11 is 11.9. The molecule has 3 aromatic carbocycles. The molecule has 0 radical (unpaired) electrons. The fraction of sp³-hybridized carbons (Fsp3) is 0.222. The third kappa shape index (κ3) is 5.56. The standard InChI is InChI=1S/C27H24Cl2N2O4/c1-27(35)15-21(32)23(25(33)30-19-11-7-17(28)8-12-19)22(16-5-3-2-4-6-16)24(27)26(34)31-20-13-9-18(29)10-14-20/h2-14,22-24,35H,15H2,1H3,(H,30,33)(H,31,34). The van der Waals surface area contributed by atoms with Crippen molar-refractivity contribution in [3.63, 3.8) is 0 Å². The first-order valence-corrected chi connectivity index (χ1v) is 11.8. The minimum absolute atomic E-state index is 0.340. The molecule has 3 aromatic rings. The number of carbonyl (C=O) groups excluding carboxylic acids is 3. The molecule has 2 amide bonds. The van der Waals surface area contributed by atoms with Crippen molar-refractivity contribution in [2.45, 2.75) is 24.9 Å². The smallest absolute Gasteiger partial charge is 0.235 e. The maximum Gasteiger partial charge on any atom is 0.235 e. The second kappa shape index (κ2) is 10.2. The molecule has 4 atom stereocenters. The summed E-state index contributed by atoms with van der Waals surface area (Å²) in [5.74, 6) is -4.65. The monoisotopic (exact) mass is 510 g/mol. The van der Waals surface area contributed by atoms with Gasteiger partial charge in [0.05, 0.1) is 11.5 Å². The van der Waals surface area contributed by atoms with Crippen LogP contribution in [0.3, 0.4) is 0 Å². The highest BCUT2D eigenvalue weighted by molar-refractivity contribution is 6.31. The first-order valence-electron chi connectivity index (χ1n) is 11.1. The number of nitrogens with one attached hydrogen (secondary N) is 2. The van der Waals surface area contributed by atoms with Crippen LogP contribution in [0, 0.1) is 11.8 Å². The molecular formula is C27H24Cl2N2O4. The Morgan fingerprint density at radius 3 is 1.83 bits per heavy atom. The molecule has 1 aliphatic rings. The second-order valence-corrected chi connectivity index (χ2v) is 9.76. The normalized spacial score (nSPS) is 24.0. The van der Waals surface area contributed by atoms with E-state index in [1.54, 1.807) is 78.9 Å². The molecule has 0 aromatic heterocycles. The zero-order valence-corrected chi connectivity index (χ0v) is 20.4. The van der Waals surface area contributed by atoms with E-state index < -0.39 is 41.0 Å². The summed E-state index contributed by atoms with van der Waals surface area (Å²) in [5.41, 5.74) is -0.113. The van der Waals surface area contributed by atoms with Crippen LogP contribution in [0.15, 0.2) is 78.9 Å². The lowest BCUT2D eigenvalue weighted by Crippen LogP contribution is -2.56. The topological polar surface area (TPSA) is 95.5 Å². The quantitative estimate of drug-likeness (QED) is 0.405. The molecule has 1 aliphatic carbocycles. The van der Waals surface area contributed by atoms with Gasteiger partial charge in [-0.3, -0.25) is 14.4 Å². The number of halogens is 2. The number of aliphatic hydroxyl groups is 1. The van der Waals surface area contributed by atoms with Gasteiger partial charge in [0.2, 0.25) is 11.8 Å². The molecule has 0 spiro atoms. The van der Waals surface area contributed by atoms with Gasteiger partial charge in [0.1, 0.15) is 11.7 Å². The molecule has 3 N–H and O–H groups in total. The number of benzene rings is 3. The van der Waals surface area contributed by atoms with Crippen LogP contribution in [0.25, 0.3) is 0 Å².